The van der Waals surface area contributed by atoms with Crippen LogP contribution in [0.1, 0.15) is 28.7 Å². The zero-order chi connectivity index (χ0) is 17.6. The SMILES string of the molecule is CCn1nnnc1COc1cccc(C(=O)Nc2ncccc2C)c1. The van der Waals surface area contributed by atoms with Gasteiger partial charge >= 0.3 is 0 Å². The van der Waals surface area contributed by atoms with Crippen molar-refractivity contribution in [1.82, 2.24) is 25.2 Å². The van der Waals surface area contributed by atoms with Crippen molar-refractivity contribution in [1.29, 1.82) is 0 Å². The molecule has 1 amide bonds. The van der Waals surface area contributed by atoms with E-state index in [1.165, 1.54) is 0 Å². The Morgan fingerprint density at radius 1 is 1.28 bits per heavy atom. The third kappa shape index (κ3) is 3.97. The van der Waals surface area contributed by atoms with Crippen LogP contribution in [0.15, 0.2) is 42.6 Å². The highest BCUT2D eigenvalue weighted by molar-refractivity contribution is 6.04. The minimum absolute atomic E-state index is 0.227. The molecule has 0 aliphatic rings. The van der Waals surface area contributed by atoms with E-state index in [9.17, 15) is 4.79 Å². The largest absolute Gasteiger partial charge is 0.486 e. The van der Waals surface area contributed by atoms with E-state index in [1.54, 1.807) is 35.1 Å². The number of hydrogen-bond donors (Lipinski definition) is 1. The first kappa shape index (κ1) is 16.6. The lowest BCUT2D eigenvalue weighted by Crippen LogP contribution is -2.14. The summed E-state index contributed by atoms with van der Waals surface area (Å²) in [5.41, 5.74) is 1.38. The quantitative estimate of drug-likeness (QED) is 0.740. The van der Waals surface area contributed by atoms with Crippen LogP contribution in [0.5, 0.6) is 5.75 Å². The van der Waals surface area contributed by atoms with Crippen LogP contribution >= 0.6 is 0 Å². The van der Waals surface area contributed by atoms with Gasteiger partial charge in [-0.25, -0.2) is 9.67 Å². The van der Waals surface area contributed by atoms with E-state index in [1.807, 2.05) is 26.0 Å². The number of anilines is 1. The highest BCUT2D eigenvalue weighted by Crippen LogP contribution is 2.17. The Labute approximate surface area is 144 Å². The molecule has 0 atom stereocenters. The maximum Gasteiger partial charge on any atom is 0.256 e. The van der Waals surface area contributed by atoms with Gasteiger partial charge in [0.1, 0.15) is 18.2 Å². The summed E-state index contributed by atoms with van der Waals surface area (Å²) in [7, 11) is 0. The summed E-state index contributed by atoms with van der Waals surface area (Å²) < 4.78 is 7.35. The smallest absolute Gasteiger partial charge is 0.256 e. The van der Waals surface area contributed by atoms with Gasteiger partial charge in [-0.15, -0.1) is 5.10 Å². The summed E-state index contributed by atoms with van der Waals surface area (Å²) in [5.74, 6) is 1.49. The number of rotatable bonds is 6. The minimum atomic E-state index is -0.245. The van der Waals surface area contributed by atoms with Gasteiger partial charge in [0, 0.05) is 18.3 Å². The number of benzene rings is 1. The Morgan fingerprint density at radius 2 is 2.16 bits per heavy atom. The number of nitrogens with zero attached hydrogens (tertiary/aromatic N) is 5. The molecule has 8 heteroatoms. The summed E-state index contributed by atoms with van der Waals surface area (Å²) in [6, 6.07) is 10.6. The molecule has 128 valence electrons. The second kappa shape index (κ2) is 7.52. The Morgan fingerprint density at radius 3 is 2.96 bits per heavy atom. The molecule has 1 N–H and O–H groups in total. The lowest BCUT2D eigenvalue weighted by molar-refractivity contribution is 0.102. The van der Waals surface area contributed by atoms with Crippen LogP contribution in [0.4, 0.5) is 5.82 Å². The highest BCUT2D eigenvalue weighted by atomic mass is 16.5. The monoisotopic (exact) mass is 338 g/mol. The summed E-state index contributed by atoms with van der Waals surface area (Å²) in [5, 5.41) is 14.2. The maximum absolute atomic E-state index is 12.4. The zero-order valence-electron chi connectivity index (χ0n) is 14.0. The number of aromatic nitrogens is 5. The molecule has 3 rings (SSSR count). The van der Waals surface area contributed by atoms with Crippen molar-refractivity contribution < 1.29 is 9.53 Å². The van der Waals surface area contributed by atoms with Crippen molar-refractivity contribution in [3.63, 3.8) is 0 Å². The van der Waals surface area contributed by atoms with Crippen molar-refractivity contribution in [3.05, 3.63) is 59.5 Å². The highest BCUT2D eigenvalue weighted by Gasteiger charge is 2.10. The first-order valence-electron chi connectivity index (χ1n) is 7.88. The lowest BCUT2D eigenvalue weighted by atomic mass is 10.2. The predicted molar refractivity (Wildman–Crippen MR) is 91.2 cm³/mol. The Bertz CT molecular complexity index is 877. The van der Waals surface area contributed by atoms with Crippen molar-refractivity contribution in [3.8, 4) is 5.75 Å². The zero-order valence-corrected chi connectivity index (χ0v) is 14.0. The lowest BCUT2D eigenvalue weighted by Gasteiger charge is -2.09. The first-order valence-corrected chi connectivity index (χ1v) is 7.88. The van der Waals surface area contributed by atoms with Crippen molar-refractivity contribution in [2.24, 2.45) is 0 Å². The van der Waals surface area contributed by atoms with Crippen LogP contribution in [0.2, 0.25) is 0 Å². The topological polar surface area (TPSA) is 94.8 Å². The minimum Gasteiger partial charge on any atom is -0.486 e. The van der Waals surface area contributed by atoms with Crippen molar-refractivity contribution in [2.75, 3.05) is 5.32 Å². The molecule has 0 saturated carbocycles. The average Bonchev–Trinajstić information content (AvgIpc) is 3.09. The van der Waals surface area contributed by atoms with Crippen molar-refractivity contribution >= 4 is 11.7 Å². The van der Waals surface area contributed by atoms with Crippen LogP contribution < -0.4 is 10.1 Å². The molecule has 0 aliphatic heterocycles. The molecule has 3 aromatic rings. The molecular weight excluding hydrogens is 320 g/mol. The molecule has 8 nitrogen and oxygen atoms in total. The number of nitrogens with one attached hydrogen (secondary N) is 1. The molecule has 0 radical (unpaired) electrons. The number of carbonyl (C=O) groups excluding carboxylic acids is 1. The van der Waals surface area contributed by atoms with Gasteiger partial charge in [0.05, 0.1) is 0 Å². The standard InChI is InChI=1S/C17H18N6O2/c1-3-23-15(20-21-22-23)11-25-14-8-4-7-13(10-14)17(24)19-16-12(2)6-5-9-18-16/h4-10H,3,11H2,1-2H3,(H,18,19,24). The van der Waals surface area contributed by atoms with Gasteiger partial charge in [-0.1, -0.05) is 12.1 Å². The second-order valence-electron chi connectivity index (χ2n) is 5.35. The van der Waals surface area contributed by atoms with Gasteiger partial charge in [0.2, 0.25) is 0 Å². The van der Waals surface area contributed by atoms with E-state index in [4.69, 9.17) is 4.74 Å². The summed E-state index contributed by atoms with van der Waals surface area (Å²) in [6.45, 7) is 4.73. The van der Waals surface area contributed by atoms with Crippen molar-refractivity contribution in [2.45, 2.75) is 27.0 Å². The molecule has 0 fully saturated rings. The van der Waals surface area contributed by atoms with E-state index < -0.39 is 0 Å². The van der Waals surface area contributed by atoms with Crippen LogP contribution in [0, 0.1) is 6.92 Å². The molecule has 0 bridgehead atoms. The Balaban J connectivity index is 1.68. The number of carbonyl (C=O) groups is 1. The van der Waals surface area contributed by atoms with Crippen LogP contribution in [-0.2, 0) is 13.2 Å². The third-order valence-electron chi connectivity index (χ3n) is 3.61. The van der Waals surface area contributed by atoms with E-state index >= 15 is 0 Å². The fourth-order valence-electron chi connectivity index (χ4n) is 2.24. The molecule has 0 aliphatic carbocycles. The number of pyridine rings is 1. The molecule has 2 aromatic heterocycles. The maximum atomic E-state index is 12.4. The number of ether oxygens (including phenoxy) is 1. The molecule has 2 heterocycles. The fourth-order valence-corrected chi connectivity index (χ4v) is 2.24. The van der Waals surface area contributed by atoms with Gasteiger partial charge in [-0.3, -0.25) is 4.79 Å². The van der Waals surface area contributed by atoms with Gasteiger partial charge in [0.25, 0.3) is 5.91 Å². The van der Waals surface area contributed by atoms with Gasteiger partial charge in [-0.05, 0) is 54.1 Å². The molecular formula is C17H18N6O2. The van der Waals surface area contributed by atoms with Gasteiger partial charge in [-0.2, -0.15) is 0 Å². The molecule has 25 heavy (non-hydrogen) atoms. The molecule has 0 saturated heterocycles. The Kier molecular flexibility index (Phi) is 4.98. The van der Waals surface area contributed by atoms with E-state index in [0.29, 0.717) is 29.5 Å². The van der Waals surface area contributed by atoms with Crippen LogP contribution in [-0.4, -0.2) is 31.1 Å². The third-order valence-corrected chi connectivity index (χ3v) is 3.61. The molecule has 0 unspecified atom stereocenters. The summed E-state index contributed by atoms with van der Waals surface area (Å²) in [4.78, 5) is 16.6. The molecule has 1 aromatic carbocycles. The summed E-state index contributed by atoms with van der Waals surface area (Å²) in [6.07, 6.45) is 1.64. The van der Waals surface area contributed by atoms with Crippen LogP contribution in [0.3, 0.4) is 0 Å². The van der Waals surface area contributed by atoms with E-state index in [0.717, 1.165) is 5.56 Å². The van der Waals surface area contributed by atoms with Crippen LogP contribution in [0.25, 0.3) is 0 Å². The molecule has 0 spiro atoms. The first-order chi connectivity index (χ1) is 12.2. The second-order valence-corrected chi connectivity index (χ2v) is 5.35. The van der Waals surface area contributed by atoms with E-state index in [-0.39, 0.29) is 12.5 Å². The van der Waals surface area contributed by atoms with Gasteiger partial charge in [0.15, 0.2) is 5.82 Å². The average molecular weight is 338 g/mol. The number of hydrogen-bond acceptors (Lipinski definition) is 6. The number of tetrazole rings is 1. The Hall–Kier alpha value is -3.29. The number of amides is 1. The predicted octanol–water partition coefficient (Wildman–Crippen LogP) is 2.23. The van der Waals surface area contributed by atoms with Gasteiger partial charge < -0.3 is 10.1 Å². The summed E-state index contributed by atoms with van der Waals surface area (Å²) >= 11 is 0. The van der Waals surface area contributed by atoms with E-state index in [2.05, 4.69) is 25.8 Å². The normalized spacial score (nSPS) is 10.5. The fraction of sp³-hybridized carbons (Fsp3) is 0.235. The number of aryl methyl sites for hydroxylation is 2.